The van der Waals surface area contributed by atoms with Crippen molar-refractivity contribution < 1.29 is 36.2 Å². The van der Waals surface area contributed by atoms with Gasteiger partial charge in [-0.05, 0) is 37.4 Å². The molecule has 1 aliphatic heterocycles. The highest BCUT2D eigenvalue weighted by atomic mass is 32.2. The highest BCUT2D eigenvalue weighted by Crippen LogP contribution is 2.34. The monoisotopic (exact) mass is 635 g/mol. The molecule has 0 amide bonds. The summed E-state index contributed by atoms with van der Waals surface area (Å²) in [6.45, 7) is 3.99. The number of sulfonamides is 1. The Kier molecular flexibility index (Phi) is 9.53. The van der Waals surface area contributed by atoms with Crippen LogP contribution in [0.1, 0.15) is 0 Å². The standard InChI is InChI=1S/C26H31N7O3S.C2HF3O2/c1-30-13-15-32(16-14-30)19-9-11-22(25(17-19)36-3)28-26-27-18-20-10-12-24(33(20)29-26)21-7-5-6-8-23(21)31(2)37(4,34)35;3-2(4,5)1(6)7/h5-12,17-18H,13-16H2,1-4H3,(H,28,29);(H,6,7). The SMILES string of the molecule is COc1cc(N2CCN(C)CC2)ccc1Nc1ncc2ccc(-c3ccccc3N(C)S(C)(=O)=O)n2n1.O=C(O)C(F)(F)F. The quantitative estimate of drug-likeness (QED) is 0.308. The van der Waals surface area contributed by atoms with Crippen molar-refractivity contribution in [2.45, 2.75) is 6.18 Å². The Balaban J connectivity index is 0.000000566. The van der Waals surface area contributed by atoms with E-state index in [4.69, 9.17) is 19.7 Å². The van der Waals surface area contributed by atoms with E-state index in [9.17, 15) is 21.6 Å². The first-order valence-electron chi connectivity index (χ1n) is 13.3. The molecule has 3 heterocycles. The van der Waals surface area contributed by atoms with Gasteiger partial charge in [-0.1, -0.05) is 18.2 Å². The Morgan fingerprint density at radius 2 is 1.73 bits per heavy atom. The third-order valence-electron chi connectivity index (χ3n) is 6.96. The van der Waals surface area contributed by atoms with Gasteiger partial charge in [0.05, 0.1) is 42.1 Å². The maximum absolute atomic E-state index is 12.2. The second kappa shape index (κ2) is 13.0. The lowest BCUT2D eigenvalue weighted by molar-refractivity contribution is -0.192. The number of ether oxygens (including phenoxy) is 1. The van der Waals surface area contributed by atoms with Crippen LogP contribution >= 0.6 is 0 Å². The third-order valence-corrected chi connectivity index (χ3v) is 8.15. The third kappa shape index (κ3) is 7.49. The molecular weight excluding hydrogens is 603 g/mol. The maximum Gasteiger partial charge on any atom is 0.490 e. The van der Waals surface area contributed by atoms with Gasteiger partial charge in [0, 0.05) is 50.5 Å². The molecule has 0 spiro atoms. The Hall–Kier alpha value is -4.57. The summed E-state index contributed by atoms with van der Waals surface area (Å²) >= 11 is 0. The fourth-order valence-electron chi connectivity index (χ4n) is 4.47. The Morgan fingerprint density at radius 3 is 2.34 bits per heavy atom. The number of aromatic nitrogens is 3. The van der Waals surface area contributed by atoms with Crippen molar-refractivity contribution in [1.29, 1.82) is 0 Å². The molecule has 0 radical (unpaired) electrons. The number of hydrogen-bond acceptors (Lipinski definition) is 9. The number of nitrogens with one attached hydrogen (secondary N) is 1. The maximum atomic E-state index is 12.2. The molecule has 0 unspecified atom stereocenters. The predicted molar refractivity (Wildman–Crippen MR) is 161 cm³/mol. The summed E-state index contributed by atoms with van der Waals surface area (Å²) in [5.41, 5.74) is 4.73. The van der Waals surface area contributed by atoms with E-state index in [1.54, 1.807) is 30.9 Å². The van der Waals surface area contributed by atoms with E-state index in [-0.39, 0.29) is 0 Å². The molecule has 0 saturated carbocycles. The van der Waals surface area contributed by atoms with Crippen molar-refractivity contribution in [3.8, 4) is 17.0 Å². The van der Waals surface area contributed by atoms with Crippen molar-refractivity contribution in [2.75, 3.05) is 68.2 Å². The van der Waals surface area contributed by atoms with Crippen LogP contribution in [0.2, 0.25) is 0 Å². The number of piperazine rings is 1. The number of carbonyl (C=O) groups is 1. The molecule has 0 aliphatic carbocycles. The molecule has 12 nitrogen and oxygen atoms in total. The van der Waals surface area contributed by atoms with Gasteiger partial charge in [-0.2, -0.15) is 13.2 Å². The lowest BCUT2D eigenvalue weighted by Gasteiger charge is -2.34. The van der Waals surface area contributed by atoms with Crippen LogP contribution in [0.4, 0.5) is 36.2 Å². The highest BCUT2D eigenvalue weighted by Gasteiger charge is 2.38. The topological polar surface area (TPSA) is 133 Å². The molecule has 1 aliphatic rings. The molecule has 0 atom stereocenters. The summed E-state index contributed by atoms with van der Waals surface area (Å²) in [5, 5.41) is 15.1. The van der Waals surface area contributed by atoms with Crippen LogP contribution in [-0.4, -0.2) is 98.8 Å². The van der Waals surface area contributed by atoms with Gasteiger partial charge in [0.1, 0.15) is 5.75 Å². The fourth-order valence-corrected chi connectivity index (χ4v) is 4.99. The molecule has 2 N–H and O–H groups in total. The summed E-state index contributed by atoms with van der Waals surface area (Å²) < 4.78 is 64.9. The van der Waals surface area contributed by atoms with Gasteiger partial charge in [0.15, 0.2) is 0 Å². The van der Waals surface area contributed by atoms with E-state index in [1.165, 1.54) is 10.6 Å². The van der Waals surface area contributed by atoms with Crippen molar-refractivity contribution in [1.82, 2.24) is 19.5 Å². The first kappa shape index (κ1) is 32.3. The number of alkyl halides is 3. The summed E-state index contributed by atoms with van der Waals surface area (Å²) in [6.07, 6.45) is -2.17. The minimum atomic E-state index is -5.08. The van der Waals surface area contributed by atoms with E-state index < -0.39 is 22.2 Å². The molecule has 1 saturated heterocycles. The minimum Gasteiger partial charge on any atom is -0.494 e. The van der Waals surface area contributed by atoms with Gasteiger partial charge >= 0.3 is 12.1 Å². The molecule has 0 bridgehead atoms. The zero-order chi connectivity index (χ0) is 32.2. The summed E-state index contributed by atoms with van der Waals surface area (Å²) in [5.74, 6) is -1.66. The van der Waals surface area contributed by atoms with Gasteiger partial charge in [-0.3, -0.25) is 4.31 Å². The molecule has 4 aromatic rings. The molecule has 2 aromatic heterocycles. The average molecular weight is 636 g/mol. The molecule has 2 aromatic carbocycles. The smallest absolute Gasteiger partial charge is 0.490 e. The predicted octanol–water partition coefficient (Wildman–Crippen LogP) is 3.93. The van der Waals surface area contributed by atoms with Crippen LogP contribution in [0.3, 0.4) is 0 Å². The Morgan fingerprint density at radius 1 is 1.07 bits per heavy atom. The van der Waals surface area contributed by atoms with Crippen molar-refractivity contribution in [3.05, 3.63) is 60.8 Å². The van der Waals surface area contributed by atoms with E-state index in [0.717, 1.165) is 54.3 Å². The number of para-hydroxylation sites is 1. The number of rotatable bonds is 7. The van der Waals surface area contributed by atoms with Gasteiger partial charge in [-0.15, -0.1) is 5.10 Å². The molecule has 5 rings (SSSR count). The van der Waals surface area contributed by atoms with Gasteiger partial charge < -0.3 is 25.0 Å². The first-order valence-corrected chi connectivity index (χ1v) is 15.1. The zero-order valence-electron chi connectivity index (χ0n) is 24.4. The number of aliphatic carboxylic acids is 1. The van der Waals surface area contributed by atoms with Crippen LogP contribution in [-0.2, 0) is 14.8 Å². The fraction of sp³-hybridized carbons (Fsp3) is 0.321. The van der Waals surface area contributed by atoms with Crippen LogP contribution in [0.5, 0.6) is 5.75 Å². The molecule has 1 fully saturated rings. The number of methoxy groups -OCH3 is 1. The zero-order valence-corrected chi connectivity index (χ0v) is 25.2. The van der Waals surface area contributed by atoms with Crippen LogP contribution < -0.4 is 19.3 Å². The summed E-state index contributed by atoms with van der Waals surface area (Å²) in [4.78, 5) is 18.1. The number of nitrogens with zero attached hydrogens (tertiary/aromatic N) is 6. The number of halogens is 3. The van der Waals surface area contributed by atoms with Crippen molar-refractivity contribution in [3.63, 3.8) is 0 Å². The minimum absolute atomic E-state index is 0.393. The second-order valence-corrected chi connectivity index (χ2v) is 12.0. The molecular formula is C28H32F3N7O5S. The normalized spacial score (nSPS) is 14.1. The van der Waals surface area contributed by atoms with Crippen molar-refractivity contribution >= 4 is 44.5 Å². The number of hydrogen-bond donors (Lipinski definition) is 2. The Bertz CT molecular complexity index is 1740. The summed E-state index contributed by atoms with van der Waals surface area (Å²) in [7, 11) is 1.90. The molecule has 16 heteroatoms. The number of likely N-dealkylation sites (N-methyl/N-ethyl adjacent to an activating group) is 1. The van der Waals surface area contributed by atoms with E-state index in [1.807, 2.05) is 42.5 Å². The Labute approximate surface area is 252 Å². The van der Waals surface area contributed by atoms with Gasteiger partial charge in [0.2, 0.25) is 16.0 Å². The highest BCUT2D eigenvalue weighted by molar-refractivity contribution is 7.92. The van der Waals surface area contributed by atoms with Crippen LogP contribution in [0.25, 0.3) is 16.8 Å². The number of benzene rings is 2. The molecule has 236 valence electrons. The van der Waals surface area contributed by atoms with E-state index in [2.05, 4.69) is 33.2 Å². The number of carboxylic acid groups (broad SMARTS) is 1. The number of anilines is 4. The van der Waals surface area contributed by atoms with Crippen LogP contribution in [0, 0.1) is 0 Å². The van der Waals surface area contributed by atoms with Gasteiger partial charge in [-0.25, -0.2) is 22.7 Å². The van der Waals surface area contributed by atoms with Gasteiger partial charge in [0.25, 0.3) is 0 Å². The average Bonchev–Trinajstić information content (AvgIpc) is 3.40. The second-order valence-electron chi connectivity index (χ2n) is 9.99. The summed E-state index contributed by atoms with van der Waals surface area (Å²) in [6, 6.07) is 17.3. The largest absolute Gasteiger partial charge is 0.494 e. The van der Waals surface area contributed by atoms with Crippen LogP contribution in [0.15, 0.2) is 60.8 Å². The number of carboxylic acids is 1. The lowest BCUT2D eigenvalue weighted by atomic mass is 10.1. The van der Waals surface area contributed by atoms with E-state index >= 15 is 0 Å². The van der Waals surface area contributed by atoms with Crippen molar-refractivity contribution in [2.24, 2.45) is 0 Å². The molecule has 44 heavy (non-hydrogen) atoms. The number of fused-ring (bicyclic) bond motifs is 1. The van der Waals surface area contributed by atoms with E-state index in [0.29, 0.717) is 17.4 Å². The first-order chi connectivity index (χ1) is 20.7. The lowest BCUT2D eigenvalue weighted by Crippen LogP contribution is -2.44.